The van der Waals surface area contributed by atoms with Crippen molar-refractivity contribution in [3.8, 4) is 5.75 Å². The van der Waals surface area contributed by atoms with Crippen molar-refractivity contribution in [3.05, 3.63) is 29.8 Å². The van der Waals surface area contributed by atoms with Crippen LogP contribution in [0.25, 0.3) is 0 Å². The maximum Gasteiger partial charge on any atom is 0.573 e. The lowest BCUT2D eigenvalue weighted by Crippen LogP contribution is -2.46. The maximum absolute atomic E-state index is 12.1. The Morgan fingerprint density at radius 3 is 2.24 bits per heavy atom. The van der Waals surface area contributed by atoms with Gasteiger partial charge in [-0.15, -0.1) is 13.2 Å². The van der Waals surface area contributed by atoms with Crippen LogP contribution in [0, 0.1) is 0 Å². The zero-order valence-electron chi connectivity index (χ0n) is 11.7. The largest absolute Gasteiger partial charge is 0.573 e. The van der Waals surface area contributed by atoms with E-state index in [1.54, 1.807) is 0 Å². The molecule has 4 nitrogen and oxygen atoms in total. The van der Waals surface area contributed by atoms with Crippen LogP contribution in [-0.2, 0) is 0 Å². The Morgan fingerprint density at radius 2 is 1.71 bits per heavy atom. The van der Waals surface area contributed by atoms with Crippen LogP contribution in [0.1, 0.15) is 10.4 Å². The number of ether oxygens (including phenoxy) is 1. The van der Waals surface area contributed by atoms with E-state index < -0.39 is 6.36 Å². The summed E-state index contributed by atoms with van der Waals surface area (Å²) in [5.74, 6) is -0.420. The number of likely N-dealkylation sites (N-methyl/N-ethyl adjacent to an activating group) is 1. The number of nitrogens with zero attached hydrogens (tertiary/aromatic N) is 2. The predicted molar refractivity (Wildman–Crippen MR) is 71.4 cm³/mol. The molecular weight excluding hydrogens is 285 g/mol. The summed E-state index contributed by atoms with van der Waals surface area (Å²) in [6, 6.07) is 5.04. The van der Waals surface area contributed by atoms with Gasteiger partial charge < -0.3 is 9.64 Å². The van der Waals surface area contributed by atoms with Gasteiger partial charge in [-0.3, -0.25) is 9.69 Å². The first kappa shape index (κ1) is 15.8. The summed E-state index contributed by atoms with van der Waals surface area (Å²) in [5, 5.41) is 0. The van der Waals surface area contributed by atoms with E-state index in [1.165, 1.54) is 12.1 Å². The fourth-order valence-corrected chi connectivity index (χ4v) is 2.14. The first-order chi connectivity index (χ1) is 9.83. The van der Waals surface area contributed by atoms with Crippen LogP contribution in [-0.4, -0.2) is 61.7 Å². The molecule has 7 heteroatoms. The number of carbonyl (C=O) groups excluding carboxylic acids is 1. The third kappa shape index (κ3) is 5.02. The van der Waals surface area contributed by atoms with E-state index in [2.05, 4.69) is 9.64 Å². The van der Waals surface area contributed by atoms with Crippen molar-refractivity contribution in [2.45, 2.75) is 6.36 Å². The molecule has 0 spiro atoms. The molecule has 1 aliphatic heterocycles. The van der Waals surface area contributed by atoms with E-state index in [4.69, 9.17) is 0 Å². The Bertz CT molecular complexity index is 480. The molecule has 1 aromatic carbocycles. The van der Waals surface area contributed by atoms with Gasteiger partial charge in [0.1, 0.15) is 5.75 Å². The molecule has 0 amide bonds. The number of hydrogen-bond acceptors (Lipinski definition) is 4. The van der Waals surface area contributed by atoms with Gasteiger partial charge in [-0.2, -0.15) is 0 Å². The second-order valence-electron chi connectivity index (χ2n) is 5.07. The molecule has 0 atom stereocenters. The Hall–Kier alpha value is -1.60. The molecule has 0 radical (unpaired) electrons. The molecule has 0 aromatic heterocycles. The molecule has 2 rings (SSSR count). The molecule has 0 aliphatic carbocycles. The van der Waals surface area contributed by atoms with Crippen molar-refractivity contribution in [3.63, 3.8) is 0 Å². The molecule has 1 saturated heterocycles. The molecular formula is C14H17F3N2O2. The van der Waals surface area contributed by atoms with Gasteiger partial charge in [0.2, 0.25) is 0 Å². The van der Waals surface area contributed by atoms with Gasteiger partial charge in [0.05, 0.1) is 6.54 Å². The summed E-state index contributed by atoms with van der Waals surface area (Å²) < 4.78 is 39.9. The molecule has 0 N–H and O–H groups in total. The molecule has 1 fully saturated rings. The fraction of sp³-hybridized carbons (Fsp3) is 0.500. The van der Waals surface area contributed by atoms with E-state index in [-0.39, 0.29) is 18.1 Å². The van der Waals surface area contributed by atoms with Crippen LogP contribution in [0.2, 0.25) is 0 Å². The number of hydrogen-bond donors (Lipinski definition) is 0. The normalized spacial score (nSPS) is 17.7. The quantitative estimate of drug-likeness (QED) is 0.797. The number of halogens is 3. The zero-order chi connectivity index (χ0) is 15.5. The van der Waals surface area contributed by atoms with E-state index in [0.29, 0.717) is 5.56 Å². The van der Waals surface area contributed by atoms with Crippen molar-refractivity contribution < 1.29 is 22.7 Å². The molecule has 1 aliphatic rings. The highest BCUT2D eigenvalue weighted by molar-refractivity contribution is 5.97. The molecule has 0 saturated carbocycles. The molecule has 1 aromatic rings. The highest BCUT2D eigenvalue weighted by atomic mass is 19.4. The second-order valence-corrected chi connectivity index (χ2v) is 5.07. The summed E-state index contributed by atoms with van der Waals surface area (Å²) in [4.78, 5) is 16.3. The number of alkyl halides is 3. The molecule has 0 bridgehead atoms. The Morgan fingerprint density at radius 1 is 1.14 bits per heavy atom. The molecule has 1 heterocycles. The van der Waals surface area contributed by atoms with E-state index in [9.17, 15) is 18.0 Å². The summed E-state index contributed by atoms with van der Waals surface area (Å²) in [6.07, 6.45) is -4.72. The number of piperazine rings is 1. The van der Waals surface area contributed by atoms with Gasteiger partial charge in [0.15, 0.2) is 5.78 Å². The van der Waals surface area contributed by atoms with Crippen LogP contribution in [0.4, 0.5) is 13.2 Å². The number of carbonyl (C=O) groups is 1. The summed E-state index contributed by atoms with van der Waals surface area (Å²) in [6.45, 7) is 3.74. The summed E-state index contributed by atoms with van der Waals surface area (Å²) >= 11 is 0. The van der Waals surface area contributed by atoms with Crippen molar-refractivity contribution in [2.24, 2.45) is 0 Å². The van der Waals surface area contributed by atoms with E-state index in [0.717, 1.165) is 38.3 Å². The molecule has 0 unspecified atom stereocenters. The van der Waals surface area contributed by atoms with Crippen molar-refractivity contribution in [1.82, 2.24) is 9.80 Å². The molecule has 116 valence electrons. The Balaban J connectivity index is 1.91. The lowest BCUT2D eigenvalue weighted by molar-refractivity contribution is -0.274. The maximum atomic E-state index is 12.1. The average molecular weight is 302 g/mol. The Labute approximate surface area is 121 Å². The fourth-order valence-electron chi connectivity index (χ4n) is 2.14. The summed E-state index contributed by atoms with van der Waals surface area (Å²) in [7, 11) is 2.03. The minimum absolute atomic E-state index is 0.0990. The van der Waals surface area contributed by atoms with Gasteiger partial charge in [-0.05, 0) is 31.3 Å². The predicted octanol–water partition coefficient (Wildman–Crippen LogP) is 2.02. The highest BCUT2D eigenvalue weighted by Gasteiger charge is 2.31. The smallest absolute Gasteiger partial charge is 0.406 e. The first-order valence-corrected chi connectivity index (χ1v) is 6.63. The van der Waals surface area contributed by atoms with E-state index in [1.807, 2.05) is 11.9 Å². The van der Waals surface area contributed by atoms with Gasteiger partial charge in [0, 0.05) is 31.7 Å². The lowest BCUT2D eigenvalue weighted by atomic mass is 10.1. The van der Waals surface area contributed by atoms with Crippen molar-refractivity contribution in [1.29, 1.82) is 0 Å². The average Bonchev–Trinajstić information content (AvgIpc) is 2.40. The SMILES string of the molecule is CN1CCN(CC(=O)c2ccc(OC(F)(F)F)cc2)CC1. The summed E-state index contributed by atoms with van der Waals surface area (Å²) in [5.41, 5.74) is 0.392. The van der Waals surface area contributed by atoms with Crippen LogP contribution in [0.15, 0.2) is 24.3 Å². The number of Topliss-reactive ketones (excluding diaryl/α,β-unsaturated/α-hetero) is 1. The number of benzene rings is 1. The first-order valence-electron chi connectivity index (χ1n) is 6.63. The highest BCUT2D eigenvalue weighted by Crippen LogP contribution is 2.22. The minimum atomic E-state index is -4.72. The van der Waals surface area contributed by atoms with Gasteiger partial charge in [-0.25, -0.2) is 0 Å². The second kappa shape index (κ2) is 6.44. The number of ketones is 1. The van der Waals surface area contributed by atoms with Gasteiger partial charge in [-0.1, -0.05) is 0 Å². The van der Waals surface area contributed by atoms with Crippen molar-refractivity contribution >= 4 is 5.78 Å². The molecule has 21 heavy (non-hydrogen) atoms. The van der Waals surface area contributed by atoms with Crippen LogP contribution in [0.5, 0.6) is 5.75 Å². The Kier molecular flexibility index (Phi) is 4.84. The standard InChI is InChI=1S/C14H17F3N2O2/c1-18-6-8-19(9-7-18)10-13(20)11-2-4-12(5-3-11)21-14(15,16)17/h2-5H,6-10H2,1H3. The van der Waals surface area contributed by atoms with E-state index >= 15 is 0 Å². The van der Waals surface area contributed by atoms with Crippen LogP contribution >= 0.6 is 0 Å². The third-order valence-electron chi connectivity index (χ3n) is 3.37. The minimum Gasteiger partial charge on any atom is -0.406 e. The monoisotopic (exact) mass is 302 g/mol. The third-order valence-corrected chi connectivity index (χ3v) is 3.37. The van der Waals surface area contributed by atoms with Crippen molar-refractivity contribution in [2.75, 3.05) is 39.8 Å². The number of rotatable bonds is 4. The topological polar surface area (TPSA) is 32.8 Å². The van der Waals surface area contributed by atoms with Gasteiger partial charge >= 0.3 is 6.36 Å². The lowest BCUT2D eigenvalue weighted by Gasteiger charge is -2.31. The van der Waals surface area contributed by atoms with Gasteiger partial charge in [0.25, 0.3) is 0 Å². The van der Waals surface area contributed by atoms with Crippen LogP contribution < -0.4 is 4.74 Å². The zero-order valence-corrected chi connectivity index (χ0v) is 11.7. The van der Waals surface area contributed by atoms with Crippen LogP contribution in [0.3, 0.4) is 0 Å².